The molecule has 1 aromatic heterocycles. The lowest BCUT2D eigenvalue weighted by Crippen LogP contribution is -2.16. The summed E-state index contributed by atoms with van der Waals surface area (Å²) in [5.74, 6) is 1.33. The second kappa shape index (κ2) is 14.1. The van der Waals surface area contributed by atoms with Gasteiger partial charge in [-0.25, -0.2) is 9.97 Å². The molecule has 0 bridgehead atoms. The van der Waals surface area contributed by atoms with Crippen LogP contribution in [0.15, 0.2) is 64.6 Å². The first kappa shape index (κ1) is 24.1. The van der Waals surface area contributed by atoms with Crippen molar-refractivity contribution in [1.82, 2.24) is 15.3 Å². The Morgan fingerprint density at radius 1 is 1.07 bits per heavy atom. The highest BCUT2D eigenvalue weighted by Gasteiger charge is 2.09. The summed E-state index contributed by atoms with van der Waals surface area (Å²) >= 11 is 7.76. The highest BCUT2D eigenvalue weighted by atomic mass is 35.5. The number of nitrogen functional groups attached to an aromatic ring is 1. The standard InChI is InChI=1S/C18H19ClN4S.2C2H6/c19-15-8-4-5-9-16(15)21-10-14-11-22-18(23-17(14)20)24-12-13-6-2-1-3-7-13;2*1-2/h1-3,6-9,11,21H,4-5,10,12H2,(H2,20,22,23);2*1-2H3. The van der Waals surface area contributed by atoms with Crippen LogP contribution in [-0.2, 0) is 12.3 Å². The molecule has 3 rings (SSSR count). The van der Waals surface area contributed by atoms with E-state index in [4.69, 9.17) is 17.3 Å². The molecule has 1 aromatic carbocycles. The highest BCUT2D eigenvalue weighted by Crippen LogP contribution is 2.22. The van der Waals surface area contributed by atoms with Crippen LogP contribution >= 0.6 is 23.4 Å². The molecule has 1 heterocycles. The number of anilines is 1. The number of halogens is 1. The van der Waals surface area contributed by atoms with Crippen LogP contribution < -0.4 is 11.1 Å². The molecule has 4 nitrogen and oxygen atoms in total. The third-order valence-corrected chi connectivity index (χ3v) is 4.94. The molecule has 3 N–H and O–H groups in total. The van der Waals surface area contributed by atoms with Crippen LogP contribution in [0.4, 0.5) is 5.82 Å². The molecule has 0 radical (unpaired) electrons. The van der Waals surface area contributed by atoms with Gasteiger partial charge in [0.1, 0.15) is 5.82 Å². The quantitative estimate of drug-likeness (QED) is 0.426. The average Bonchev–Trinajstić information content (AvgIpc) is 2.76. The van der Waals surface area contributed by atoms with E-state index >= 15 is 0 Å². The first-order valence-corrected chi connectivity index (χ1v) is 11.2. The molecule has 2 aromatic rings. The van der Waals surface area contributed by atoms with Crippen molar-refractivity contribution in [2.24, 2.45) is 0 Å². The minimum absolute atomic E-state index is 0.504. The molecular formula is C22H31ClN4S. The second-order valence-corrected chi connectivity index (χ2v) is 6.79. The third kappa shape index (κ3) is 7.95. The van der Waals surface area contributed by atoms with Crippen molar-refractivity contribution in [3.8, 4) is 0 Å². The van der Waals surface area contributed by atoms with Crippen LogP contribution in [0.2, 0.25) is 0 Å². The Labute approximate surface area is 178 Å². The normalized spacial score (nSPS) is 12.5. The Morgan fingerprint density at radius 3 is 2.39 bits per heavy atom. The van der Waals surface area contributed by atoms with E-state index in [1.54, 1.807) is 18.0 Å². The average molecular weight is 419 g/mol. The van der Waals surface area contributed by atoms with Gasteiger partial charge in [0.05, 0.1) is 5.03 Å². The van der Waals surface area contributed by atoms with Gasteiger partial charge in [-0.15, -0.1) is 0 Å². The zero-order chi connectivity index (χ0) is 20.8. The first-order chi connectivity index (χ1) is 13.7. The summed E-state index contributed by atoms with van der Waals surface area (Å²) in [5, 5.41) is 4.75. The van der Waals surface area contributed by atoms with Gasteiger partial charge in [-0.2, -0.15) is 0 Å². The minimum atomic E-state index is 0.504. The number of benzene rings is 1. The van der Waals surface area contributed by atoms with Gasteiger partial charge in [0.15, 0.2) is 5.16 Å². The van der Waals surface area contributed by atoms with E-state index in [1.807, 2.05) is 52.0 Å². The highest BCUT2D eigenvalue weighted by molar-refractivity contribution is 7.98. The Hall–Kier alpha value is -1.98. The van der Waals surface area contributed by atoms with Gasteiger partial charge < -0.3 is 11.1 Å². The Kier molecular flexibility index (Phi) is 12.1. The fourth-order valence-electron chi connectivity index (χ4n) is 2.32. The van der Waals surface area contributed by atoms with Crippen molar-refractivity contribution in [3.05, 3.63) is 70.5 Å². The van der Waals surface area contributed by atoms with Crippen LogP contribution in [0, 0.1) is 0 Å². The maximum absolute atomic E-state index is 6.18. The van der Waals surface area contributed by atoms with Crippen LogP contribution in [-0.4, -0.2) is 9.97 Å². The number of hydrogen-bond acceptors (Lipinski definition) is 5. The van der Waals surface area contributed by atoms with Crippen LogP contribution in [0.5, 0.6) is 0 Å². The Morgan fingerprint density at radius 2 is 1.75 bits per heavy atom. The zero-order valence-corrected chi connectivity index (χ0v) is 18.8. The van der Waals surface area contributed by atoms with E-state index < -0.39 is 0 Å². The summed E-state index contributed by atoms with van der Waals surface area (Å²) < 4.78 is 0. The second-order valence-electron chi connectivity index (χ2n) is 5.44. The number of hydrogen-bond donors (Lipinski definition) is 2. The van der Waals surface area contributed by atoms with Gasteiger partial charge >= 0.3 is 0 Å². The maximum atomic E-state index is 6.18. The summed E-state index contributed by atoms with van der Waals surface area (Å²) in [6.45, 7) is 8.56. The molecule has 0 aliphatic heterocycles. The van der Waals surface area contributed by atoms with Crippen molar-refractivity contribution >= 4 is 29.2 Å². The Bertz CT molecular complexity index is 760. The number of nitrogens with two attached hydrogens (primary N) is 1. The molecule has 152 valence electrons. The molecule has 6 heteroatoms. The van der Waals surface area contributed by atoms with Gasteiger partial charge in [-0.05, 0) is 18.4 Å². The van der Waals surface area contributed by atoms with Crippen LogP contribution in [0.1, 0.15) is 51.7 Å². The van der Waals surface area contributed by atoms with E-state index in [0.717, 1.165) is 34.9 Å². The predicted molar refractivity (Wildman–Crippen MR) is 123 cm³/mol. The molecule has 0 unspecified atom stereocenters. The van der Waals surface area contributed by atoms with E-state index in [2.05, 4.69) is 33.5 Å². The lowest BCUT2D eigenvalue weighted by atomic mass is 10.1. The largest absolute Gasteiger partial charge is 0.383 e. The Balaban J connectivity index is 0.000000921. The molecular weight excluding hydrogens is 388 g/mol. The van der Waals surface area contributed by atoms with Crippen molar-refractivity contribution in [3.63, 3.8) is 0 Å². The molecule has 1 aliphatic rings. The maximum Gasteiger partial charge on any atom is 0.189 e. The zero-order valence-electron chi connectivity index (χ0n) is 17.2. The van der Waals surface area contributed by atoms with E-state index in [-0.39, 0.29) is 0 Å². The number of thioether (sulfide) groups is 1. The fraction of sp³-hybridized carbons (Fsp3) is 0.364. The van der Waals surface area contributed by atoms with Gasteiger partial charge in [-0.3, -0.25) is 0 Å². The van der Waals surface area contributed by atoms with E-state index in [0.29, 0.717) is 17.5 Å². The van der Waals surface area contributed by atoms with Gasteiger partial charge in [0.2, 0.25) is 0 Å². The first-order valence-electron chi connectivity index (χ1n) is 9.80. The minimum Gasteiger partial charge on any atom is -0.383 e. The number of aromatic nitrogens is 2. The number of nitrogens with one attached hydrogen (secondary N) is 1. The monoisotopic (exact) mass is 418 g/mol. The molecule has 0 spiro atoms. The smallest absolute Gasteiger partial charge is 0.189 e. The third-order valence-electron chi connectivity index (χ3n) is 3.65. The summed E-state index contributed by atoms with van der Waals surface area (Å²) in [7, 11) is 0. The molecule has 0 saturated heterocycles. The van der Waals surface area contributed by atoms with E-state index in [1.165, 1.54) is 5.56 Å². The van der Waals surface area contributed by atoms with Crippen LogP contribution in [0.25, 0.3) is 0 Å². The number of allylic oxidation sites excluding steroid dienone is 3. The lowest BCUT2D eigenvalue weighted by Gasteiger charge is -2.14. The van der Waals surface area contributed by atoms with E-state index in [9.17, 15) is 0 Å². The number of rotatable bonds is 6. The summed E-state index contributed by atoms with van der Waals surface area (Å²) in [5.41, 5.74) is 9.13. The summed E-state index contributed by atoms with van der Waals surface area (Å²) in [6.07, 6.45) is 7.89. The van der Waals surface area contributed by atoms with Crippen molar-refractivity contribution in [2.45, 2.75) is 58.0 Å². The molecule has 0 atom stereocenters. The van der Waals surface area contributed by atoms with Crippen molar-refractivity contribution < 1.29 is 0 Å². The van der Waals surface area contributed by atoms with Crippen molar-refractivity contribution in [1.29, 1.82) is 0 Å². The fourth-order valence-corrected chi connectivity index (χ4v) is 3.35. The van der Waals surface area contributed by atoms with Gasteiger partial charge in [0, 0.05) is 29.8 Å². The molecule has 28 heavy (non-hydrogen) atoms. The number of nitrogens with zero attached hydrogens (tertiary/aromatic N) is 2. The molecule has 0 saturated carbocycles. The van der Waals surface area contributed by atoms with Gasteiger partial charge in [0.25, 0.3) is 0 Å². The van der Waals surface area contributed by atoms with Gasteiger partial charge in [-0.1, -0.05) is 93.5 Å². The summed E-state index contributed by atoms with van der Waals surface area (Å²) in [4.78, 5) is 8.80. The topological polar surface area (TPSA) is 63.8 Å². The molecule has 0 fully saturated rings. The molecule has 0 amide bonds. The van der Waals surface area contributed by atoms with Crippen LogP contribution in [0.3, 0.4) is 0 Å². The van der Waals surface area contributed by atoms with Crippen molar-refractivity contribution in [2.75, 3.05) is 5.73 Å². The predicted octanol–water partition coefficient (Wildman–Crippen LogP) is 6.29. The lowest BCUT2D eigenvalue weighted by molar-refractivity contribution is 0.792. The molecule has 1 aliphatic carbocycles. The summed E-state index contributed by atoms with van der Waals surface area (Å²) in [6, 6.07) is 10.2. The SMILES string of the molecule is CC.CC.Nc1nc(SCc2ccccc2)ncc1CNC1=CCCC=C1Cl.